The number of carbonyl (C=O) groups is 1. The Morgan fingerprint density at radius 1 is 1.24 bits per heavy atom. The van der Waals surface area contributed by atoms with Crippen molar-refractivity contribution in [2.45, 2.75) is 6.92 Å². The standard InChI is InChI=1S/C14H12N4O2S/c1-8-3-5-11(18-17-8)13(19)16-14-15-10-6-4-9(20-2)7-12(10)21-14/h3-7H,1-2H3,(H,15,16,19). The van der Waals surface area contributed by atoms with E-state index in [4.69, 9.17) is 4.74 Å². The predicted octanol–water partition coefficient (Wildman–Crippen LogP) is 2.66. The van der Waals surface area contributed by atoms with Gasteiger partial charge in [-0.25, -0.2) is 4.98 Å². The van der Waals surface area contributed by atoms with E-state index in [1.807, 2.05) is 25.1 Å². The van der Waals surface area contributed by atoms with Gasteiger partial charge in [0, 0.05) is 0 Å². The van der Waals surface area contributed by atoms with E-state index < -0.39 is 0 Å². The number of hydrogen-bond donors (Lipinski definition) is 1. The van der Waals surface area contributed by atoms with E-state index in [0.717, 1.165) is 21.7 Å². The van der Waals surface area contributed by atoms with Crippen LogP contribution in [0.15, 0.2) is 30.3 Å². The Labute approximate surface area is 124 Å². The summed E-state index contributed by atoms with van der Waals surface area (Å²) in [6.45, 7) is 1.82. The third-order valence-corrected chi connectivity index (χ3v) is 3.78. The average molecular weight is 300 g/mol. The maximum absolute atomic E-state index is 12.1. The van der Waals surface area contributed by atoms with Crippen molar-refractivity contribution >= 4 is 32.6 Å². The number of carbonyl (C=O) groups excluding carboxylic acids is 1. The number of aryl methyl sites for hydroxylation is 1. The smallest absolute Gasteiger partial charge is 0.277 e. The molecule has 0 atom stereocenters. The van der Waals surface area contributed by atoms with Crippen LogP contribution in [0.3, 0.4) is 0 Å². The minimum atomic E-state index is -0.325. The van der Waals surface area contributed by atoms with Gasteiger partial charge in [-0.05, 0) is 37.3 Å². The van der Waals surface area contributed by atoms with Gasteiger partial charge in [-0.15, -0.1) is 5.10 Å². The topological polar surface area (TPSA) is 77.0 Å². The fourth-order valence-corrected chi connectivity index (χ4v) is 2.66. The third kappa shape index (κ3) is 2.82. The molecule has 0 aliphatic rings. The highest BCUT2D eigenvalue weighted by Gasteiger charge is 2.11. The van der Waals surface area contributed by atoms with E-state index in [1.165, 1.54) is 11.3 Å². The first-order chi connectivity index (χ1) is 10.2. The molecule has 0 unspecified atom stereocenters. The highest BCUT2D eigenvalue weighted by atomic mass is 32.1. The van der Waals surface area contributed by atoms with Crippen molar-refractivity contribution in [3.63, 3.8) is 0 Å². The number of benzene rings is 1. The number of rotatable bonds is 3. The zero-order valence-corrected chi connectivity index (χ0v) is 12.3. The van der Waals surface area contributed by atoms with Gasteiger partial charge in [-0.3, -0.25) is 10.1 Å². The van der Waals surface area contributed by atoms with Crippen LogP contribution in [0.2, 0.25) is 0 Å². The lowest BCUT2D eigenvalue weighted by atomic mass is 10.3. The van der Waals surface area contributed by atoms with Gasteiger partial charge in [0.05, 0.1) is 23.0 Å². The number of nitrogens with zero attached hydrogens (tertiary/aromatic N) is 3. The summed E-state index contributed by atoms with van der Waals surface area (Å²) in [5.74, 6) is 0.432. The largest absolute Gasteiger partial charge is 0.497 e. The van der Waals surface area contributed by atoms with Crippen LogP contribution in [0.25, 0.3) is 10.2 Å². The first-order valence-corrected chi connectivity index (χ1v) is 7.03. The summed E-state index contributed by atoms with van der Waals surface area (Å²) in [7, 11) is 1.61. The second-order valence-electron chi connectivity index (χ2n) is 4.37. The third-order valence-electron chi connectivity index (χ3n) is 2.85. The number of methoxy groups -OCH3 is 1. The first-order valence-electron chi connectivity index (χ1n) is 6.22. The lowest BCUT2D eigenvalue weighted by Crippen LogP contribution is -2.14. The molecule has 0 saturated heterocycles. The van der Waals surface area contributed by atoms with Gasteiger partial charge in [0.25, 0.3) is 5.91 Å². The van der Waals surface area contributed by atoms with E-state index in [2.05, 4.69) is 20.5 Å². The molecule has 3 rings (SSSR count). The molecule has 0 spiro atoms. The molecule has 0 radical (unpaired) electrons. The molecule has 0 fully saturated rings. The quantitative estimate of drug-likeness (QED) is 0.804. The molecular formula is C14H12N4O2S. The Bertz CT molecular complexity index is 798. The number of thiazole rings is 1. The highest BCUT2D eigenvalue weighted by Crippen LogP contribution is 2.29. The number of hydrogen-bond acceptors (Lipinski definition) is 6. The average Bonchev–Trinajstić information content (AvgIpc) is 2.88. The fraction of sp³-hybridized carbons (Fsp3) is 0.143. The molecular weight excluding hydrogens is 288 g/mol. The van der Waals surface area contributed by atoms with Gasteiger partial charge < -0.3 is 4.74 Å². The number of nitrogens with one attached hydrogen (secondary N) is 1. The minimum Gasteiger partial charge on any atom is -0.497 e. The Morgan fingerprint density at radius 2 is 2.10 bits per heavy atom. The summed E-state index contributed by atoms with van der Waals surface area (Å²) in [5.41, 5.74) is 1.84. The second kappa shape index (κ2) is 5.45. The molecule has 2 aromatic heterocycles. The summed E-state index contributed by atoms with van der Waals surface area (Å²) in [6, 6.07) is 8.94. The van der Waals surface area contributed by atoms with Gasteiger partial charge in [-0.2, -0.15) is 5.10 Å². The molecule has 1 N–H and O–H groups in total. The van der Waals surface area contributed by atoms with E-state index in [0.29, 0.717) is 5.13 Å². The number of ether oxygens (including phenoxy) is 1. The molecule has 1 amide bonds. The molecule has 21 heavy (non-hydrogen) atoms. The SMILES string of the molecule is COc1ccc2nc(NC(=O)c3ccc(C)nn3)sc2c1. The monoisotopic (exact) mass is 300 g/mol. The fourth-order valence-electron chi connectivity index (χ4n) is 1.77. The van der Waals surface area contributed by atoms with Crippen LogP contribution >= 0.6 is 11.3 Å². The van der Waals surface area contributed by atoms with Gasteiger partial charge in [0.1, 0.15) is 5.75 Å². The molecule has 7 heteroatoms. The summed E-state index contributed by atoms with van der Waals surface area (Å²) >= 11 is 1.38. The van der Waals surface area contributed by atoms with E-state index in [1.54, 1.807) is 19.2 Å². The van der Waals surface area contributed by atoms with Crippen molar-refractivity contribution in [3.8, 4) is 5.75 Å². The number of fused-ring (bicyclic) bond motifs is 1. The molecule has 0 bridgehead atoms. The molecule has 0 saturated carbocycles. The van der Waals surface area contributed by atoms with Crippen molar-refractivity contribution in [2.75, 3.05) is 12.4 Å². The maximum atomic E-state index is 12.1. The summed E-state index contributed by atoms with van der Waals surface area (Å²) in [5, 5.41) is 11.0. The zero-order chi connectivity index (χ0) is 14.8. The van der Waals surface area contributed by atoms with Crippen molar-refractivity contribution in [1.29, 1.82) is 0 Å². The van der Waals surface area contributed by atoms with Gasteiger partial charge in [0.2, 0.25) is 0 Å². The van der Waals surface area contributed by atoms with Crippen LogP contribution in [0.5, 0.6) is 5.75 Å². The Kier molecular flexibility index (Phi) is 3.49. The Hall–Kier alpha value is -2.54. The highest BCUT2D eigenvalue weighted by molar-refractivity contribution is 7.22. The van der Waals surface area contributed by atoms with Crippen LogP contribution in [0.1, 0.15) is 16.2 Å². The summed E-state index contributed by atoms with van der Waals surface area (Å²) in [6.07, 6.45) is 0. The van der Waals surface area contributed by atoms with E-state index >= 15 is 0 Å². The van der Waals surface area contributed by atoms with E-state index in [-0.39, 0.29) is 11.6 Å². The molecule has 106 valence electrons. The molecule has 1 aromatic carbocycles. The number of aromatic nitrogens is 3. The van der Waals surface area contributed by atoms with E-state index in [9.17, 15) is 4.79 Å². The van der Waals surface area contributed by atoms with Gasteiger partial charge in [0.15, 0.2) is 10.8 Å². The van der Waals surface area contributed by atoms with Crippen LogP contribution in [0, 0.1) is 6.92 Å². The lowest BCUT2D eigenvalue weighted by Gasteiger charge is -1.99. The van der Waals surface area contributed by atoms with Crippen molar-refractivity contribution in [2.24, 2.45) is 0 Å². The molecule has 0 aliphatic heterocycles. The molecule has 2 heterocycles. The normalized spacial score (nSPS) is 10.6. The van der Waals surface area contributed by atoms with Gasteiger partial charge >= 0.3 is 0 Å². The zero-order valence-electron chi connectivity index (χ0n) is 11.5. The maximum Gasteiger partial charge on any atom is 0.277 e. The van der Waals surface area contributed by atoms with Crippen LogP contribution in [0.4, 0.5) is 5.13 Å². The summed E-state index contributed by atoms with van der Waals surface area (Å²) in [4.78, 5) is 16.4. The Morgan fingerprint density at radius 3 is 2.81 bits per heavy atom. The molecule has 0 aliphatic carbocycles. The predicted molar refractivity (Wildman–Crippen MR) is 80.9 cm³/mol. The van der Waals surface area contributed by atoms with Crippen molar-refractivity contribution < 1.29 is 9.53 Å². The van der Waals surface area contributed by atoms with Crippen molar-refractivity contribution in [3.05, 3.63) is 41.7 Å². The van der Waals surface area contributed by atoms with Crippen LogP contribution in [-0.4, -0.2) is 28.2 Å². The molecule has 3 aromatic rings. The number of amides is 1. The van der Waals surface area contributed by atoms with Crippen LogP contribution < -0.4 is 10.1 Å². The lowest BCUT2D eigenvalue weighted by molar-refractivity contribution is 0.102. The number of anilines is 1. The summed E-state index contributed by atoms with van der Waals surface area (Å²) < 4.78 is 6.11. The minimum absolute atomic E-state index is 0.262. The Balaban J connectivity index is 1.84. The van der Waals surface area contributed by atoms with Crippen LogP contribution in [-0.2, 0) is 0 Å². The molecule has 6 nitrogen and oxygen atoms in total. The first kappa shape index (κ1) is 13.4. The second-order valence-corrected chi connectivity index (χ2v) is 5.40. The van der Waals surface area contributed by atoms with Gasteiger partial charge in [-0.1, -0.05) is 11.3 Å². The van der Waals surface area contributed by atoms with Crippen molar-refractivity contribution in [1.82, 2.24) is 15.2 Å².